The number of carbonyl (C=O) groups excluding carboxylic acids is 2. The lowest BCUT2D eigenvalue weighted by molar-refractivity contribution is -0.274. The molecule has 1 atom stereocenters. The molecule has 15 heteroatoms. The summed E-state index contributed by atoms with van der Waals surface area (Å²) in [5.74, 6) is -2.33. The number of benzene rings is 1. The molecule has 1 aliphatic rings. The second kappa shape index (κ2) is 12.9. The highest BCUT2D eigenvalue weighted by Crippen LogP contribution is 2.29. The minimum atomic E-state index is -4.85. The smallest absolute Gasteiger partial charge is 0.406 e. The molecular formula is C26H27F5N6O4. The van der Waals surface area contributed by atoms with Crippen LogP contribution in [0.4, 0.5) is 27.6 Å². The van der Waals surface area contributed by atoms with Gasteiger partial charge in [0.2, 0.25) is 11.7 Å². The second-order valence-electron chi connectivity index (χ2n) is 9.68. The molecule has 1 aliphatic carbocycles. The van der Waals surface area contributed by atoms with Gasteiger partial charge in [0.15, 0.2) is 5.69 Å². The zero-order chi connectivity index (χ0) is 29.6. The number of halogens is 5. The van der Waals surface area contributed by atoms with Crippen LogP contribution in [-0.2, 0) is 24.4 Å². The number of hydrogen-bond donors (Lipinski definition) is 2. The molecule has 2 amide bonds. The Morgan fingerprint density at radius 1 is 1.20 bits per heavy atom. The Kier molecular flexibility index (Phi) is 9.35. The Morgan fingerprint density at radius 3 is 2.68 bits per heavy atom. The summed E-state index contributed by atoms with van der Waals surface area (Å²) in [6.45, 7) is -0.573. The van der Waals surface area contributed by atoms with Gasteiger partial charge in [-0.2, -0.15) is 4.39 Å². The first-order valence-electron chi connectivity index (χ1n) is 12.8. The number of nitrogens with zero attached hydrogens (tertiary/aromatic N) is 4. The second-order valence-corrected chi connectivity index (χ2v) is 9.68. The van der Waals surface area contributed by atoms with Gasteiger partial charge >= 0.3 is 6.36 Å². The van der Waals surface area contributed by atoms with Crippen LogP contribution < -0.4 is 20.9 Å². The zero-order valence-electron chi connectivity index (χ0n) is 21.7. The van der Waals surface area contributed by atoms with E-state index in [0.717, 1.165) is 40.6 Å². The molecule has 2 N–H and O–H groups in total. The van der Waals surface area contributed by atoms with Crippen molar-refractivity contribution in [3.05, 3.63) is 70.2 Å². The fourth-order valence-corrected chi connectivity index (χ4v) is 4.17. The number of nitrogens with one attached hydrogen (secondary N) is 2. The van der Waals surface area contributed by atoms with Crippen LogP contribution in [0.1, 0.15) is 48.2 Å². The van der Waals surface area contributed by atoms with Crippen LogP contribution >= 0.6 is 0 Å². The van der Waals surface area contributed by atoms with E-state index < -0.39 is 35.6 Å². The maximum atomic E-state index is 14.6. The van der Waals surface area contributed by atoms with Crippen LogP contribution in [0.2, 0.25) is 0 Å². The predicted molar refractivity (Wildman–Crippen MR) is 135 cm³/mol. The van der Waals surface area contributed by atoms with E-state index in [1.165, 1.54) is 30.6 Å². The van der Waals surface area contributed by atoms with Crippen LogP contribution in [0.15, 0.2) is 47.5 Å². The molecular weight excluding hydrogens is 555 g/mol. The molecule has 0 bridgehead atoms. The largest absolute Gasteiger partial charge is 0.573 e. The van der Waals surface area contributed by atoms with Crippen LogP contribution in [-0.4, -0.2) is 43.9 Å². The van der Waals surface area contributed by atoms with Crippen molar-refractivity contribution in [1.29, 1.82) is 0 Å². The number of anilines is 1. The van der Waals surface area contributed by atoms with Crippen molar-refractivity contribution in [3.63, 3.8) is 0 Å². The van der Waals surface area contributed by atoms with Crippen molar-refractivity contribution in [2.24, 2.45) is 5.92 Å². The van der Waals surface area contributed by atoms with Crippen LogP contribution in [0.3, 0.4) is 0 Å². The summed E-state index contributed by atoms with van der Waals surface area (Å²) in [5.41, 5.74) is -1.02. The minimum Gasteiger partial charge on any atom is -0.406 e. The topological polar surface area (TPSA) is 120 Å². The number of hydrogen-bond acceptors (Lipinski definition) is 6. The molecule has 41 heavy (non-hydrogen) atoms. The van der Waals surface area contributed by atoms with Gasteiger partial charge in [0.05, 0.1) is 18.4 Å². The van der Waals surface area contributed by atoms with Crippen LogP contribution in [0.5, 0.6) is 5.75 Å². The first-order valence-corrected chi connectivity index (χ1v) is 12.8. The van der Waals surface area contributed by atoms with E-state index in [2.05, 4.69) is 25.7 Å². The Balaban J connectivity index is 1.24. The SMILES string of the molecule is O=C(CC1CCC1)Nc1ccn(CCC(F)Cn2cc(C(=O)NCc3cccc(OC(F)(F)F)c3)nn2)c(=O)c1F. The number of alkyl halides is 4. The van der Waals surface area contributed by atoms with E-state index in [1.807, 2.05) is 0 Å². The Morgan fingerprint density at radius 2 is 1.98 bits per heavy atom. The highest BCUT2D eigenvalue weighted by Gasteiger charge is 2.31. The van der Waals surface area contributed by atoms with Gasteiger partial charge in [-0.15, -0.1) is 18.3 Å². The molecule has 4 rings (SSSR count). The third-order valence-corrected chi connectivity index (χ3v) is 6.50. The number of rotatable bonds is 12. The maximum Gasteiger partial charge on any atom is 0.573 e. The number of ether oxygens (including phenoxy) is 1. The van der Waals surface area contributed by atoms with Crippen molar-refractivity contribution in [3.8, 4) is 5.75 Å². The van der Waals surface area contributed by atoms with Gasteiger partial charge in [-0.05, 0) is 48.9 Å². The first kappa shape index (κ1) is 29.7. The molecule has 1 unspecified atom stereocenters. The number of aryl methyl sites for hydroxylation is 1. The maximum absolute atomic E-state index is 14.6. The summed E-state index contributed by atoms with van der Waals surface area (Å²) in [6, 6.07) is 6.33. The summed E-state index contributed by atoms with van der Waals surface area (Å²) >= 11 is 0. The van der Waals surface area contributed by atoms with E-state index in [9.17, 15) is 36.3 Å². The van der Waals surface area contributed by atoms with E-state index >= 15 is 0 Å². The molecule has 2 heterocycles. The quantitative estimate of drug-likeness (QED) is 0.312. The summed E-state index contributed by atoms with van der Waals surface area (Å²) in [4.78, 5) is 36.7. The van der Waals surface area contributed by atoms with Crippen molar-refractivity contribution in [2.45, 2.75) is 64.3 Å². The van der Waals surface area contributed by atoms with Gasteiger partial charge < -0.3 is 19.9 Å². The molecule has 1 aromatic carbocycles. The number of pyridine rings is 1. The van der Waals surface area contributed by atoms with Gasteiger partial charge in [-0.3, -0.25) is 14.4 Å². The highest BCUT2D eigenvalue weighted by molar-refractivity contribution is 5.92. The molecule has 220 valence electrons. The predicted octanol–water partition coefficient (Wildman–Crippen LogP) is 3.96. The summed E-state index contributed by atoms with van der Waals surface area (Å²) in [5, 5.41) is 12.3. The van der Waals surface area contributed by atoms with Crippen molar-refractivity contribution in [2.75, 3.05) is 5.32 Å². The number of carbonyl (C=O) groups is 2. The van der Waals surface area contributed by atoms with Gasteiger partial charge in [-0.25, -0.2) is 9.07 Å². The van der Waals surface area contributed by atoms with E-state index in [1.54, 1.807) is 0 Å². The average molecular weight is 583 g/mol. The molecule has 0 aliphatic heterocycles. The van der Waals surface area contributed by atoms with Crippen molar-refractivity contribution >= 4 is 17.5 Å². The fraction of sp³-hybridized carbons (Fsp3) is 0.423. The normalized spacial score (nSPS) is 14.3. The van der Waals surface area contributed by atoms with Gasteiger partial charge in [0.1, 0.15) is 11.9 Å². The summed E-state index contributed by atoms with van der Waals surface area (Å²) < 4.78 is 72.2. The first-order chi connectivity index (χ1) is 19.5. The van der Waals surface area contributed by atoms with Gasteiger partial charge in [0.25, 0.3) is 11.5 Å². The zero-order valence-corrected chi connectivity index (χ0v) is 21.7. The molecule has 10 nitrogen and oxygen atoms in total. The molecule has 1 saturated carbocycles. The molecule has 3 aromatic rings. The van der Waals surface area contributed by atoms with Crippen molar-refractivity contribution < 1.29 is 36.3 Å². The third-order valence-electron chi connectivity index (χ3n) is 6.50. The van der Waals surface area contributed by atoms with Crippen LogP contribution in [0, 0.1) is 11.7 Å². The minimum absolute atomic E-state index is 0.124. The van der Waals surface area contributed by atoms with Crippen LogP contribution in [0.25, 0.3) is 0 Å². The number of aromatic nitrogens is 4. The average Bonchev–Trinajstić information content (AvgIpc) is 3.35. The Labute approximate surface area is 230 Å². The fourth-order valence-electron chi connectivity index (χ4n) is 4.17. The van der Waals surface area contributed by atoms with Gasteiger partial charge in [-0.1, -0.05) is 23.8 Å². The Bertz CT molecular complexity index is 1440. The standard InChI is InChI=1S/C26H27F5N6O4/c27-18(7-9-36-10-8-20(23(28)25(36)40)33-22(38)12-16-3-1-4-16)14-37-15-21(34-35-37)24(39)32-13-17-5-2-6-19(11-17)41-26(29,30)31/h2,5-6,8,10-11,15-16,18H,1,3-4,7,9,12-14H2,(H,32,39)(H,33,38). The highest BCUT2D eigenvalue weighted by atomic mass is 19.4. The van der Waals surface area contributed by atoms with E-state index in [4.69, 9.17) is 0 Å². The lowest BCUT2D eigenvalue weighted by Gasteiger charge is -2.24. The Hall–Kier alpha value is -4.30. The number of amides is 2. The van der Waals surface area contributed by atoms with E-state index in [-0.39, 0.29) is 55.7 Å². The van der Waals surface area contributed by atoms with Gasteiger partial charge in [0, 0.05) is 25.7 Å². The van der Waals surface area contributed by atoms with Crippen molar-refractivity contribution in [1.82, 2.24) is 24.9 Å². The molecule has 2 aromatic heterocycles. The lowest BCUT2D eigenvalue weighted by atomic mass is 9.83. The van der Waals surface area contributed by atoms with E-state index in [0.29, 0.717) is 5.56 Å². The molecule has 0 radical (unpaired) electrons. The molecule has 0 saturated heterocycles. The lowest BCUT2D eigenvalue weighted by Crippen LogP contribution is -2.27. The third kappa shape index (κ3) is 8.59. The summed E-state index contributed by atoms with van der Waals surface area (Å²) in [7, 11) is 0. The molecule has 1 fully saturated rings. The molecule has 0 spiro atoms. The monoisotopic (exact) mass is 582 g/mol. The summed E-state index contributed by atoms with van der Waals surface area (Å²) in [6.07, 6.45) is -0.842.